The molecule has 0 bridgehead atoms. The Kier molecular flexibility index (Phi) is 6.30. The molecular formula is C24H21BrClNO3. The largest absolute Gasteiger partial charge is 0.497 e. The third-order valence-corrected chi connectivity index (χ3v) is 6.46. The van der Waals surface area contributed by atoms with Crippen molar-refractivity contribution in [2.45, 2.75) is 25.5 Å². The van der Waals surface area contributed by atoms with Crippen molar-refractivity contribution in [3.8, 4) is 5.75 Å². The van der Waals surface area contributed by atoms with Crippen LogP contribution in [-0.2, 0) is 17.8 Å². The van der Waals surface area contributed by atoms with Crippen molar-refractivity contribution in [1.82, 2.24) is 0 Å². The van der Waals surface area contributed by atoms with Crippen LogP contribution in [0.1, 0.15) is 29.2 Å². The molecule has 1 amide bonds. The van der Waals surface area contributed by atoms with Crippen molar-refractivity contribution in [1.29, 1.82) is 0 Å². The summed E-state index contributed by atoms with van der Waals surface area (Å²) in [6.45, 7) is 0.213. The van der Waals surface area contributed by atoms with E-state index in [0.717, 1.165) is 45.4 Å². The van der Waals surface area contributed by atoms with Crippen LogP contribution in [0.3, 0.4) is 0 Å². The quantitative estimate of drug-likeness (QED) is 0.401. The highest BCUT2D eigenvalue weighted by Gasteiger charge is 2.34. The number of methoxy groups -OCH3 is 1. The van der Waals surface area contributed by atoms with Gasteiger partial charge in [-0.1, -0.05) is 54.1 Å². The van der Waals surface area contributed by atoms with E-state index in [1.54, 1.807) is 12.0 Å². The number of anilines is 1. The smallest absolute Gasteiger partial charge is 0.415 e. The molecule has 3 aromatic rings. The van der Waals surface area contributed by atoms with Crippen molar-refractivity contribution >= 4 is 39.3 Å². The summed E-state index contributed by atoms with van der Waals surface area (Å²) < 4.78 is 11.8. The van der Waals surface area contributed by atoms with Gasteiger partial charge in [0.25, 0.3) is 0 Å². The number of ether oxygens (including phenoxy) is 2. The van der Waals surface area contributed by atoms with E-state index in [1.807, 2.05) is 66.7 Å². The monoisotopic (exact) mass is 485 g/mol. The summed E-state index contributed by atoms with van der Waals surface area (Å²) >= 11 is 9.80. The fraction of sp³-hybridized carbons (Fsp3) is 0.208. The Morgan fingerprint density at radius 2 is 1.93 bits per heavy atom. The van der Waals surface area contributed by atoms with Crippen molar-refractivity contribution in [3.63, 3.8) is 0 Å². The number of hydrogen-bond donors (Lipinski definition) is 0. The third-order valence-electron chi connectivity index (χ3n) is 5.26. The van der Waals surface area contributed by atoms with Gasteiger partial charge in [-0.05, 0) is 69.7 Å². The first kappa shape index (κ1) is 20.8. The highest BCUT2D eigenvalue weighted by atomic mass is 79.9. The van der Waals surface area contributed by atoms with Crippen LogP contribution in [0.25, 0.3) is 0 Å². The summed E-state index contributed by atoms with van der Waals surface area (Å²) in [5.41, 5.74) is 3.78. The summed E-state index contributed by atoms with van der Waals surface area (Å²) in [5.74, 6) is 0.758. The summed E-state index contributed by atoms with van der Waals surface area (Å²) in [4.78, 5) is 15.0. The van der Waals surface area contributed by atoms with Gasteiger partial charge in [0.05, 0.1) is 23.9 Å². The van der Waals surface area contributed by atoms with Crippen LogP contribution in [0.4, 0.5) is 10.5 Å². The van der Waals surface area contributed by atoms with Gasteiger partial charge in [0.2, 0.25) is 0 Å². The van der Waals surface area contributed by atoms with E-state index in [-0.39, 0.29) is 18.7 Å². The molecule has 4 rings (SSSR count). The van der Waals surface area contributed by atoms with Gasteiger partial charge < -0.3 is 9.47 Å². The van der Waals surface area contributed by atoms with Crippen molar-refractivity contribution < 1.29 is 14.3 Å². The predicted molar refractivity (Wildman–Crippen MR) is 122 cm³/mol. The zero-order valence-electron chi connectivity index (χ0n) is 16.5. The van der Waals surface area contributed by atoms with E-state index >= 15 is 0 Å². The zero-order valence-corrected chi connectivity index (χ0v) is 18.8. The van der Waals surface area contributed by atoms with Crippen LogP contribution < -0.4 is 9.64 Å². The molecule has 3 aromatic carbocycles. The molecule has 0 N–H and O–H groups in total. The lowest BCUT2D eigenvalue weighted by Crippen LogP contribution is -2.38. The lowest BCUT2D eigenvalue weighted by atomic mass is 9.91. The predicted octanol–water partition coefficient (Wildman–Crippen LogP) is 6.94. The van der Waals surface area contributed by atoms with Gasteiger partial charge in [-0.15, -0.1) is 0 Å². The van der Waals surface area contributed by atoms with E-state index in [4.69, 9.17) is 21.1 Å². The second-order valence-corrected chi connectivity index (χ2v) is 8.40. The molecular weight excluding hydrogens is 466 g/mol. The molecule has 0 aromatic heterocycles. The topological polar surface area (TPSA) is 38.8 Å². The number of carbonyl (C=O) groups excluding carboxylic acids is 1. The van der Waals surface area contributed by atoms with Crippen LogP contribution in [-0.4, -0.2) is 13.2 Å². The molecule has 4 nitrogen and oxygen atoms in total. The molecule has 154 valence electrons. The molecule has 0 saturated heterocycles. The van der Waals surface area contributed by atoms with Crippen LogP contribution in [0.5, 0.6) is 5.75 Å². The normalized spacial score (nSPS) is 15.4. The molecule has 30 heavy (non-hydrogen) atoms. The van der Waals surface area contributed by atoms with Gasteiger partial charge in [0.15, 0.2) is 0 Å². The van der Waals surface area contributed by atoms with Crippen molar-refractivity contribution in [2.24, 2.45) is 0 Å². The van der Waals surface area contributed by atoms with Crippen molar-refractivity contribution in [3.05, 3.63) is 92.9 Å². The molecule has 0 saturated carbocycles. The molecule has 1 aliphatic rings. The van der Waals surface area contributed by atoms with Crippen LogP contribution >= 0.6 is 27.5 Å². The van der Waals surface area contributed by atoms with E-state index in [9.17, 15) is 4.79 Å². The van der Waals surface area contributed by atoms with Gasteiger partial charge in [-0.2, -0.15) is 0 Å². The molecule has 1 heterocycles. The molecule has 6 heteroatoms. The van der Waals surface area contributed by atoms with E-state index in [1.165, 1.54) is 0 Å². The maximum Gasteiger partial charge on any atom is 0.415 e. The van der Waals surface area contributed by atoms with Gasteiger partial charge >= 0.3 is 6.09 Å². The summed E-state index contributed by atoms with van der Waals surface area (Å²) in [6, 6.07) is 21.1. The number of benzene rings is 3. The zero-order chi connectivity index (χ0) is 21.1. The lowest BCUT2D eigenvalue weighted by Gasteiger charge is -2.37. The van der Waals surface area contributed by atoms with Crippen molar-refractivity contribution in [2.75, 3.05) is 12.0 Å². The second-order valence-electron chi connectivity index (χ2n) is 7.14. The first-order chi connectivity index (χ1) is 14.6. The van der Waals surface area contributed by atoms with E-state index in [2.05, 4.69) is 15.9 Å². The number of amides is 1. The SMILES string of the molecule is COc1cccc(C2CCc3cc(Cl)c(Br)cc3N2C(=O)OCc2ccccc2)c1. The number of nitrogens with zero attached hydrogens (tertiary/aromatic N) is 1. The lowest BCUT2D eigenvalue weighted by molar-refractivity contribution is 0.143. The fourth-order valence-electron chi connectivity index (χ4n) is 3.77. The Bertz CT molecular complexity index is 1060. The molecule has 0 radical (unpaired) electrons. The first-order valence-electron chi connectivity index (χ1n) is 9.68. The minimum atomic E-state index is -0.387. The van der Waals surface area contributed by atoms with Crippen LogP contribution in [0.2, 0.25) is 5.02 Å². The Morgan fingerprint density at radius 3 is 2.70 bits per heavy atom. The number of fused-ring (bicyclic) bond motifs is 1. The number of aryl methyl sites for hydroxylation is 1. The number of halogens is 2. The van der Waals surface area contributed by atoms with Gasteiger partial charge in [-0.3, -0.25) is 4.90 Å². The third kappa shape index (κ3) is 4.32. The summed E-state index contributed by atoms with van der Waals surface area (Å²) in [6.07, 6.45) is 1.19. The van der Waals surface area contributed by atoms with Crippen LogP contribution in [0, 0.1) is 0 Å². The molecule has 0 spiro atoms. The highest BCUT2D eigenvalue weighted by Crippen LogP contribution is 2.43. The average molecular weight is 487 g/mol. The van der Waals surface area contributed by atoms with E-state index < -0.39 is 0 Å². The Morgan fingerprint density at radius 1 is 1.13 bits per heavy atom. The van der Waals surface area contributed by atoms with Crippen LogP contribution in [0.15, 0.2) is 71.2 Å². The van der Waals surface area contributed by atoms with Gasteiger partial charge in [-0.25, -0.2) is 4.79 Å². The van der Waals surface area contributed by atoms with Gasteiger partial charge in [0.1, 0.15) is 12.4 Å². The minimum Gasteiger partial charge on any atom is -0.497 e. The molecule has 0 aliphatic carbocycles. The number of hydrogen-bond acceptors (Lipinski definition) is 3. The maximum absolute atomic E-state index is 13.3. The molecule has 1 atom stereocenters. The number of carbonyl (C=O) groups is 1. The summed E-state index contributed by atoms with van der Waals surface area (Å²) in [7, 11) is 1.64. The molecule has 1 aliphatic heterocycles. The first-order valence-corrected chi connectivity index (χ1v) is 10.9. The summed E-state index contributed by atoms with van der Waals surface area (Å²) in [5, 5.41) is 0.631. The Hall–Kier alpha value is -2.50. The molecule has 1 unspecified atom stereocenters. The molecule has 0 fully saturated rings. The minimum absolute atomic E-state index is 0.163. The maximum atomic E-state index is 13.3. The standard InChI is InChI=1S/C24H21BrClNO3/c1-29-19-9-5-8-17(12-19)22-11-10-18-13-21(26)20(25)14-23(18)27(22)24(28)30-15-16-6-3-2-4-7-16/h2-9,12-14,22H,10-11,15H2,1H3. The Balaban J connectivity index is 1.70. The second kappa shape index (κ2) is 9.11. The fourth-order valence-corrected chi connectivity index (χ4v) is 4.29. The Labute approximate surface area is 189 Å². The average Bonchev–Trinajstić information content (AvgIpc) is 2.78. The van der Waals surface area contributed by atoms with Gasteiger partial charge in [0, 0.05) is 4.47 Å². The highest BCUT2D eigenvalue weighted by molar-refractivity contribution is 9.10. The van der Waals surface area contributed by atoms with E-state index in [0.29, 0.717) is 5.02 Å². The number of rotatable bonds is 4.